The number of alkyl halides is 3. The van der Waals surface area contributed by atoms with E-state index in [9.17, 15) is 26.4 Å². The summed E-state index contributed by atoms with van der Waals surface area (Å²) >= 11 is 0. The van der Waals surface area contributed by atoms with E-state index in [4.69, 9.17) is 0 Å². The molecule has 0 radical (unpaired) electrons. The first-order chi connectivity index (χ1) is 12.6. The highest BCUT2D eigenvalue weighted by Gasteiger charge is 2.37. The number of carbonyl (C=O) groups is 1. The van der Waals surface area contributed by atoms with Gasteiger partial charge in [0.15, 0.2) is 11.5 Å². The molecule has 0 amide bonds. The number of nitrogens with one attached hydrogen (secondary N) is 1. The third kappa shape index (κ3) is 4.56. The molecule has 3 rings (SSSR count). The molecule has 1 fully saturated rings. The van der Waals surface area contributed by atoms with Gasteiger partial charge in [-0.05, 0) is 38.0 Å². The minimum absolute atomic E-state index is 0.00727. The Labute approximate surface area is 154 Å². The SMILES string of the molecule is CC(=O)c1ccc(S(=O)(=O)NCCn2nc(C(F)(F)F)cc2C2CC2)cc1. The number of nitrogens with zero attached hydrogens (tertiary/aromatic N) is 2. The Kier molecular flexibility index (Phi) is 5.13. The van der Waals surface area contributed by atoms with Crippen LogP contribution in [0.5, 0.6) is 0 Å². The summed E-state index contributed by atoms with van der Waals surface area (Å²) in [6, 6.07) is 6.47. The van der Waals surface area contributed by atoms with Crippen LogP contribution >= 0.6 is 0 Å². The summed E-state index contributed by atoms with van der Waals surface area (Å²) in [7, 11) is -3.84. The average molecular weight is 401 g/mol. The van der Waals surface area contributed by atoms with Gasteiger partial charge in [0.2, 0.25) is 10.0 Å². The Bertz CT molecular complexity index is 946. The van der Waals surface area contributed by atoms with Crippen LogP contribution in [0.4, 0.5) is 13.2 Å². The molecule has 0 saturated heterocycles. The van der Waals surface area contributed by atoms with Gasteiger partial charge in [0, 0.05) is 23.7 Å². The van der Waals surface area contributed by atoms with Gasteiger partial charge in [-0.2, -0.15) is 18.3 Å². The molecule has 27 heavy (non-hydrogen) atoms. The van der Waals surface area contributed by atoms with Crippen molar-refractivity contribution in [2.45, 2.75) is 43.3 Å². The molecule has 1 aliphatic carbocycles. The van der Waals surface area contributed by atoms with Crippen LogP contribution in [0.3, 0.4) is 0 Å². The van der Waals surface area contributed by atoms with Crippen molar-refractivity contribution >= 4 is 15.8 Å². The van der Waals surface area contributed by atoms with Gasteiger partial charge in [0.05, 0.1) is 11.4 Å². The van der Waals surface area contributed by atoms with Crippen LogP contribution in [0.15, 0.2) is 35.2 Å². The first-order valence-corrected chi connectivity index (χ1v) is 9.82. The van der Waals surface area contributed by atoms with E-state index < -0.39 is 21.9 Å². The summed E-state index contributed by atoms with van der Waals surface area (Å²) < 4.78 is 66.8. The standard InChI is InChI=1S/C17H18F3N3O3S/c1-11(24)12-4-6-14(7-5-12)27(25,26)21-8-9-23-15(13-2-3-13)10-16(22-23)17(18,19)20/h4-7,10,13,21H,2-3,8-9H2,1H3. The highest BCUT2D eigenvalue weighted by Crippen LogP contribution is 2.42. The minimum atomic E-state index is -4.53. The maximum atomic E-state index is 12.9. The molecule has 1 N–H and O–H groups in total. The second kappa shape index (κ2) is 7.08. The van der Waals surface area contributed by atoms with Gasteiger partial charge in [-0.3, -0.25) is 9.48 Å². The van der Waals surface area contributed by atoms with Crippen molar-refractivity contribution in [3.05, 3.63) is 47.3 Å². The number of ketones is 1. The van der Waals surface area contributed by atoms with Crippen molar-refractivity contribution in [2.75, 3.05) is 6.54 Å². The van der Waals surface area contributed by atoms with E-state index in [0.29, 0.717) is 11.3 Å². The molecule has 1 aromatic carbocycles. The van der Waals surface area contributed by atoms with Crippen molar-refractivity contribution in [1.29, 1.82) is 0 Å². The molecule has 0 spiro atoms. The lowest BCUT2D eigenvalue weighted by molar-refractivity contribution is -0.141. The maximum absolute atomic E-state index is 12.9. The average Bonchev–Trinajstić information content (AvgIpc) is 3.33. The number of sulfonamides is 1. The van der Waals surface area contributed by atoms with Gasteiger partial charge in [-0.15, -0.1) is 0 Å². The summed E-state index contributed by atoms with van der Waals surface area (Å²) in [4.78, 5) is 11.2. The largest absolute Gasteiger partial charge is 0.435 e. The Morgan fingerprint density at radius 2 is 1.89 bits per heavy atom. The second-order valence-corrected chi connectivity index (χ2v) is 8.19. The molecule has 0 aliphatic heterocycles. The normalized spacial score (nSPS) is 15.1. The van der Waals surface area contributed by atoms with Gasteiger partial charge in [0.1, 0.15) is 0 Å². The molecule has 10 heteroatoms. The molecule has 146 valence electrons. The van der Waals surface area contributed by atoms with Crippen LogP contribution in [0.1, 0.15) is 47.4 Å². The van der Waals surface area contributed by atoms with E-state index >= 15 is 0 Å². The molecular weight excluding hydrogens is 383 g/mol. The summed E-state index contributed by atoms with van der Waals surface area (Å²) in [6.45, 7) is 1.26. The summed E-state index contributed by atoms with van der Waals surface area (Å²) in [5.41, 5.74) is -0.0985. The fraction of sp³-hybridized carbons (Fsp3) is 0.412. The number of aromatic nitrogens is 2. The molecule has 1 aromatic heterocycles. The summed E-state index contributed by atoms with van der Waals surface area (Å²) in [5.74, 6) is -0.136. The van der Waals surface area contributed by atoms with Gasteiger partial charge in [-0.1, -0.05) is 12.1 Å². The van der Waals surface area contributed by atoms with E-state index in [1.807, 2.05) is 0 Å². The fourth-order valence-electron chi connectivity index (χ4n) is 2.69. The van der Waals surface area contributed by atoms with E-state index in [-0.39, 0.29) is 29.7 Å². The van der Waals surface area contributed by atoms with E-state index in [2.05, 4.69) is 9.82 Å². The van der Waals surface area contributed by atoms with Gasteiger partial charge < -0.3 is 0 Å². The topological polar surface area (TPSA) is 81.1 Å². The highest BCUT2D eigenvalue weighted by molar-refractivity contribution is 7.89. The summed E-state index contributed by atoms with van der Waals surface area (Å²) in [6.07, 6.45) is -2.93. The predicted molar refractivity (Wildman–Crippen MR) is 90.8 cm³/mol. The maximum Gasteiger partial charge on any atom is 0.435 e. The van der Waals surface area contributed by atoms with Gasteiger partial charge in [0.25, 0.3) is 0 Å². The monoisotopic (exact) mass is 401 g/mol. The van der Waals surface area contributed by atoms with Crippen LogP contribution in [0, 0.1) is 0 Å². The molecule has 1 saturated carbocycles. The zero-order valence-electron chi connectivity index (χ0n) is 14.5. The van der Waals surface area contributed by atoms with E-state index in [1.165, 1.54) is 35.9 Å². The van der Waals surface area contributed by atoms with Crippen molar-refractivity contribution in [3.63, 3.8) is 0 Å². The zero-order valence-corrected chi connectivity index (χ0v) is 15.3. The first kappa shape index (κ1) is 19.6. The molecule has 0 atom stereocenters. The van der Waals surface area contributed by atoms with Crippen LogP contribution in [-0.2, 0) is 22.7 Å². The van der Waals surface area contributed by atoms with Gasteiger partial charge >= 0.3 is 6.18 Å². The van der Waals surface area contributed by atoms with E-state index in [0.717, 1.165) is 18.9 Å². The Morgan fingerprint density at radius 3 is 2.41 bits per heavy atom. The Balaban J connectivity index is 1.68. The van der Waals surface area contributed by atoms with Crippen molar-refractivity contribution in [3.8, 4) is 0 Å². The number of hydrogen-bond donors (Lipinski definition) is 1. The molecule has 0 unspecified atom stereocenters. The highest BCUT2D eigenvalue weighted by atomic mass is 32.2. The lowest BCUT2D eigenvalue weighted by Gasteiger charge is -2.09. The van der Waals surface area contributed by atoms with Crippen LogP contribution in [-0.4, -0.2) is 30.5 Å². The first-order valence-electron chi connectivity index (χ1n) is 8.33. The number of hydrogen-bond acceptors (Lipinski definition) is 4. The molecular formula is C17H18F3N3O3S. The lowest BCUT2D eigenvalue weighted by atomic mass is 10.2. The number of carbonyl (C=O) groups excluding carboxylic acids is 1. The number of halogens is 3. The fourth-order valence-corrected chi connectivity index (χ4v) is 3.72. The summed E-state index contributed by atoms with van der Waals surface area (Å²) in [5, 5.41) is 3.59. The number of rotatable bonds is 7. The lowest BCUT2D eigenvalue weighted by Crippen LogP contribution is -2.28. The minimum Gasteiger partial charge on any atom is -0.295 e. The molecule has 6 nitrogen and oxygen atoms in total. The molecule has 2 aromatic rings. The van der Waals surface area contributed by atoms with Crippen molar-refractivity contribution < 1.29 is 26.4 Å². The van der Waals surface area contributed by atoms with Crippen LogP contribution in [0.2, 0.25) is 0 Å². The quantitative estimate of drug-likeness (QED) is 0.724. The van der Waals surface area contributed by atoms with E-state index in [1.54, 1.807) is 0 Å². The van der Waals surface area contributed by atoms with Crippen molar-refractivity contribution in [1.82, 2.24) is 14.5 Å². The molecule has 0 bridgehead atoms. The number of benzene rings is 1. The molecule has 1 heterocycles. The zero-order chi connectivity index (χ0) is 19.8. The second-order valence-electron chi connectivity index (χ2n) is 6.43. The van der Waals surface area contributed by atoms with Crippen LogP contribution < -0.4 is 4.72 Å². The Hall–Kier alpha value is -2.20. The number of Topliss-reactive ketones (excluding diaryl/α,β-unsaturated/α-hetero) is 1. The van der Waals surface area contributed by atoms with Crippen LogP contribution in [0.25, 0.3) is 0 Å². The third-order valence-corrected chi connectivity index (χ3v) is 5.76. The smallest absolute Gasteiger partial charge is 0.295 e. The predicted octanol–water partition coefficient (Wildman–Crippen LogP) is 2.96. The molecule has 1 aliphatic rings. The van der Waals surface area contributed by atoms with Gasteiger partial charge in [-0.25, -0.2) is 13.1 Å². The van der Waals surface area contributed by atoms with Crippen molar-refractivity contribution in [2.24, 2.45) is 0 Å². The third-order valence-electron chi connectivity index (χ3n) is 4.28. The Morgan fingerprint density at radius 1 is 1.26 bits per heavy atom.